The Labute approximate surface area is 97.2 Å². The van der Waals surface area contributed by atoms with Gasteiger partial charge in [-0.05, 0) is 25.5 Å². The fourth-order valence-corrected chi connectivity index (χ4v) is 1.51. The number of rotatable bonds is 6. The molecular weight excluding hydrogens is 200 g/mol. The van der Waals surface area contributed by atoms with Crippen LogP contribution in [-0.4, -0.2) is 25.5 Å². The lowest BCUT2D eigenvalue weighted by Gasteiger charge is -2.06. The Bertz CT molecular complexity index is 336. The smallest absolute Gasteiger partial charge is 0.233 e. The van der Waals surface area contributed by atoms with Crippen LogP contribution in [-0.2, 0) is 11.2 Å². The highest BCUT2D eigenvalue weighted by Crippen LogP contribution is 2.03. The third-order valence-electron chi connectivity index (χ3n) is 2.35. The number of likely N-dealkylation sites (N-methyl/N-ethyl adjacent to an activating group) is 1. The average Bonchev–Trinajstić information content (AvgIpc) is 2.26. The Kier molecular flexibility index (Phi) is 5.57. The quantitative estimate of drug-likeness (QED) is 0.758. The Morgan fingerprint density at radius 3 is 2.88 bits per heavy atom. The van der Waals surface area contributed by atoms with E-state index in [1.165, 1.54) is 11.1 Å². The third-order valence-corrected chi connectivity index (χ3v) is 2.35. The van der Waals surface area contributed by atoms with E-state index in [2.05, 4.69) is 35.8 Å². The number of hydrogen-bond donors (Lipinski definition) is 2. The van der Waals surface area contributed by atoms with Crippen LogP contribution in [0.4, 0.5) is 0 Å². The molecule has 1 aromatic carbocycles. The van der Waals surface area contributed by atoms with Gasteiger partial charge in [0, 0.05) is 6.54 Å². The molecule has 0 aliphatic rings. The molecule has 88 valence electrons. The molecule has 3 nitrogen and oxygen atoms in total. The highest BCUT2D eigenvalue weighted by molar-refractivity contribution is 5.77. The van der Waals surface area contributed by atoms with Crippen LogP contribution < -0.4 is 10.6 Å². The number of aryl methyl sites for hydroxylation is 1. The van der Waals surface area contributed by atoms with Gasteiger partial charge in [-0.1, -0.05) is 36.8 Å². The van der Waals surface area contributed by atoms with Gasteiger partial charge in [0.15, 0.2) is 0 Å². The van der Waals surface area contributed by atoms with Gasteiger partial charge in [0.25, 0.3) is 0 Å². The Balaban J connectivity index is 2.22. The van der Waals surface area contributed by atoms with E-state index in [1.54, 1.807) is 0 Å². The zero-order valence-corrected chi connectivity index (χ0v) is 10.0. The molecule has 0 unspecified atom stereocenters. The minimum Gasteiger partial charge on any atom is -0.355 e. The SMILES string of the molecule is CCNCC(=O)NCCc1cccc(C)c1. The second-order valence-electron chi connectivity index (χ2n) is 3.87. The molecular formula is C13H20N2O. The van der Waals surface area contributed by atoms with Crippen LogP contribution in [0.15, 0.2) is 24.3 Å². The maximum Gasteiger partial charge on any atom is 0.233 e. The van der Waals surface area contributed by atoms with Gasteiger partial charge in [-0.25, -0.2) is 0 Å². The summed E-state index contributed by atoms with van der Waals surface area (Å²) in [5, 5.41) is 5.88. The van der Waals surface area contributed by atoms with E-state index in [9.17, 15) is 4.79 Å². The molecule has 0 atom stereocenters. The zero-order chi connectivity index (χ0) is 11.8. The fraction of sp³-hybridized carbons (Fsp3) is 0.462. The highest BCUT2D eigenvalue weighted by atomic mass is 16.1. The van der Waals surface area contributed by atoms with Crippen LogP contribution in [0.3, 0.4) is 0 Å². The van der Waals surface area contributed by atoms with Gasteiger partial charge in [-0.2, -0.15) is 0 Å². The molecule has 0 aromatic heterocycles. The first kappa shape index (κ1) is 12.7. The molecule has 0 heterocycles. The van der Waals surface area contributed by atoms with Gasteiger partial charge in [-0.15, -0.1) is 0 Å². The van der Waals surface area contributed by atoms with Crippen LogP contribution in [0.1, 0.15) is 18.1 Å². The summed E-state index contributed by atoms with van der Waals surface area (Å²) in [5.41, 5.74) is 2.53. The van der Waals surface area contributed by atoms with Crippen molar-refractivity contribution in [3.05, 3.63) is 35.4 Å². The number of hydrogen-bond acceptors (Lipinski definition) is 2. The van der Waals surface area contributed by atoms with Crippen LogP contribution >= 0.6 is 0 Å². The van der Waals surface area contributed by atoms with E-state index >= 15 is 0 Å². The molecule has 1 aromatic rings. The first-order valence-electron chi connectivity index (χ1n) is 5.75. The van der Waals surface area contributed by atoms with E-state index in [0.29, 0.717) is 13.1 Å². The molecule has 1 rings (SSSR count). The van der Waals surface area contributed by atoms with Crippen molar-refractivity contribution in [1.82, 2.24) is 10.6 Å². The van der Waals surface area contributed by atoms with E-state index in [4.69, 9.17) is 0 Å². The van der Waals surface area contributed by atoms with Crippen molar-refractivity contribution < 1.29 is 4.79 Å². The summed E-state index contributed by atoms with van der Waals surface area (Å²) < 4.78 is 0. The lowest BCUT2D eigenvalue weighted by Crippen LogP contribution is -2.34. The first-order chi connectivity index (χ1) is 7.72. The normalized spacial score (nSPS) is 10.1. The van der Waals surface area contributed by atoms with Crippen molar-refractivity contribution in [2.45, 2.75) is 20.3 Å². The number of amides is 1. The van der Waals surface area contributed by atoms with Crippen molar-refractivity contribution >= 4 is 5.91 Å². The second kappa shape index (κ2) is 7.01. The second-order valence-corrected chi connectivity index (χ2v) is 3.87. The molecule has 2 N–H and O–H groups in total. The molecule has 0 aliphatic heterocycles. The Morgan fingerprint density at radius 2 is 2.19 bits per heavy atom. The van der Waals surface area contributed by atoms with Crippen molar-refractivity contribution in [3.63, 3.8) is 0 Å². The number of nitrogens with one attached hydrogen (secondary N) is 2. The molecule has 3 heteroatoms. The van der Waals surface area contributed by atoms with Crippen LogP contribution in [0.25, 0.3) is 0 Å². The molecule has 0 saturated carbocycles. The lowest BCUT2D eigenvalue weighted by molar-refractivity contribution is -0.120. The molecule has 0 aliphatic carbocycles. The standard InChI is InChI=1S/C13H20N2O/c1-3-14-10-13(16)15-8-7-12-6-4-5-11(2)9-12/h4-6,9,14H,3,7-8,10H2,1-2H3,(H,15,16). The largest absolute Gasteiger partial charge is 0.355 e. The maximum atomic E-state index is 11.3. The number of carbonyl (C=O) groups excluding carboxylic acids is 1. The summed E-state index contributed by atoms with van der Waals surface area (Å²) in [6, 6.07) is 8.36. The average molecular weight is 220 g/mol. The predicted octanol–water partition coefficient (Wildman–Crippen LogP) is 1.26. The number of carbonyl (C=O) groups is 1. The molecule has 0 bridgehead atoms. The topological polar surface area (TPSA) is 41.1 Å². The van der Waals surface area contributed by atoms with Gasteiger partial charge in [0.05, 0.1) is 6.54 Å². The Morgan fingerprint density at radius 1 is 1.38 bits per heavy atom. The minimum atomic E-state index is 0.0644. The fourth-order valence-electron chi connectivity index (χ4n) is 1.51. The van der Waals surface area contributed by atoms with Crippen molar-refractivity contribution in [2.75, 3.05) is 19.6 Å². The summed E-state index contributed by atoms with van der Waals surface area (Å²) in [6.45, 7) is 6.00. The van der Waals surface area contributed by atoms with Gasteiger partial charge in [-0.3, -0.25) is 4.79 Å². The summed E-state index contributed by atoms with van der Waals surface area (Å²) in [5.74, 6) is 0.0644. The third kappa shape index (κ3) is 4.94. The monoisotopic (exact) mass is 220 g/mol. The molecule has 0 fully saturated rings. The molecule has 1 amide bonds. The van der Waals surface area contributed by atoms with E-state index in [1.807, 2.05) is 13.0 Å². The van der Waals surface area contributed by atoms with Gasteiger partial charge >= 0.3 is 0 Å². The number of benzene rings is 1. The summed E-state index contributed by atoms with van der Waals surface area (Å²) in [6.07, 6.45) is 0.888. The summed E-state index contributed by atoms with van der Waals surface area (Å²) in [7, 11) is 0. The van der Waals surface area contributed by atoms with E-state index in [0.717, 1.165) is 13.0 Å². The molecule has 0 saturated heterocycles. The van der Waals surface area contributed by atoms with Crippen LogP contribution in [0.2, 0.25) is 0 Å². The van der Waals surface area contributed by atoms with Crippen molar-refractivity contribution in [2.24, 2.45) is 0 Å². The summed E-state index contributed by atoms with van der Waals surface area (Å²) >= 11 is 0. The minimum absolute atomic E-state index is 0.0644. The Hall–Kier alpha value is -1.35. The van der Waals surface area contributed by atoms with Gasteiger partial charge < -0.3 is 10.6 Å². The van der Waals surface area contributed by atoms with E-state index in [-0.39, 0.29) is 5.91 Å². The van der Waals surface area contributed by atoms with Crippen LogP contribution in [0.5, 0.6) is 0 Å². The van der Waals surface area contributed by atoms with E-state index < -0.39 is 0 Å². The van der Waals surface area contributed by atoms with Crippen molar-refractivity contribution in [1.29, 1.82) is 0 Å². The predicted molar refractivity (Wildman–Crippen MR) is 66.4 cm³/mol. The maximum absolute atomic E-state index is 11.3. The summed E-state index contributed by atoms with van der Waals surface area (Å²) in [4.78, 5) is 11.3. The van der Waals surface area contributed by atoms with Gasteiger partial charge in [0.2, 0.25) is 5.91 Å². The molecule has 16 heavy (non-hydrogen) atoms. The first-order valence-corrected chi connectivity index (χ1v) is 5.75. The highest BCUT2D eigenvalue weighted by Gasteiger charge is 1.99. The zero-order valence-electron chi connectivity index (χ0n) is 10.0. The van der Waals surface area contributed by atoms with Crippen LogP contribution in [0, 0.1) is 6.92 Å². The molecule has 0 spiro atoms. The van der Waals surface area contributed by atoms with Crippen molar-refractivity contribution in [3.8, 4) is 0 Å². The molecule has 0 radical (unpaired) electrons. The van der Waals surface area contributed by atoms with Gasteiger partial charge in [0.1, 0.15) is 0 Å². The lowest BCUT2D eigenvalue weighted by atomic mass is 10.1.